The summed E-state index contributed by atoms with van der Waals surface area (Å²) in [6, 6.07) is 3.57. The lowest BCUT2D eigenvalue weighted by Gasteiger charge is -1.77. The van der Waals surface area contributed by atoms with Crippen molar-refractivity contribution in [2.24, 2.45) is 0 Å². The quantitative estimate of drug-likeness (QED) is 0.572. The Kier molecular flexibility index (Phi) is 2.49. The van der Waals surface area contributed by atoms with Gasteiger partial charge in [-0.15, -0.1) is 0 Å². The van der Waals surface area contributed by atoms with Gasteiger partial charge in [-0.2, -0.15) is 0 Å². The van der Waals surface area contributed by atoms with Crippen LogP contribution in [0.5, 0.6) is 0 Å². The molecule has 1 aromatic rings. The van der Waals surface area contributed by atoms with Crippen LogP contribution in [0.1, 0.15) is 5.76 Å². The predicted molar refractivity (Wildman–Crippen MR) is 38.0 cm³/mol. The van der Waals surface area contributed by atoms with Crippen molar-refractivity contribution in [1.82, 2.24) is 0 Å². The van der Waals surface area contributed by atoms with Crippen LogP contribution < -0.4 is 0 Å². The molecule has 1 nitrogen and oxygen atoms in total. The van der Waals surface area contributed by atoms with Crippen LogP contribution in [0.3, 0.4) is 0 Å². The Labute approximate surface area is 58.5 Å². The van der Waals surface area contributed by atoms with Gasteiger partial charge in [0.25, 0.3) is 0 Å². The van der Waals surface area contributed by atoms with E-state index in [9.17, 15) is 4.39 Å². The molecule has 52 valence electrons. The van der Waals surface area contributed by atoms with Crippen molar-refractivity contribution in [1.29, 1.82) is 0 Å². The fraction of sp³-hybridized carbons (Fsp3) is 0. The SMILES string of the molecule is F/C=C/C=C/c1ccco1. The van der Waals surface area contributed by atoms with Gasteiger partial charge in [0.05, 0.1) is 12.6 Å². The third-order valence-corrected chi connectivity index (χ3v) is 0.988. The van der Waals surface area contributed by atoms with E-state index in [0.717, 1.165) is 5.76 Å². The summed E-state index contributed by atoms with van der Waals surface area (Å²) in [4.78, 5) is 0. The Morgan fingerprint density at radius 3 is 2.90 bits per heavy atom. The smallest absolute Gasteiger partial charge is 0.126 e. The minimum atomic E-state index is 0.472. The lowest BCUT2D eigenvalue weighted by Crippen LogP contribution is -1.56. The highest BCUT2D eigenvalue weighted by Gasteiger charge is 1.82. The molecule has 0 fully saturated rings. The number of rotatable bonds is 2. The van der Waals surface area contributed by atoms with E-state index in [4.69, 9.17) is 4.42 Å². The van der Waals surface area contributed by atoms with Crippen LogP contribution in [0.4, 0.5) is 4.39 Å². The molecule has 1 rings (SSSR count). The average molecular weight is 138 g/mol. The topological polar surface area (TPSA) is 13.1 Å². The summed E-state index contributed by atoms with van der Waals surface area (Å²) in [5, 5.41) is 0. The van der Waals surface area contributed by atoms with E-state index in [1.807, 2.05) is 0 Å². The molecular formula is C8H7FO. The molecule has 10 heavy (non-hydrogen) atoms. The molecule has 0 amide bonds. The number of hydrogen-bond donors (Lipinski definition) is 0. The molecule has 0 unspecified atom stereocenters. The van der Waals surface area contributed by atoms with Gasteiger partial charge in [-0.3, -0.25) is 0 Å². The summed E-state index contributed by atoms with van der Waals surface area (Å²) >= 11 is 0. The average Bonchev–Trinajstić information content (AvgIpc) is 2.41. The Hall–Kier alpha value is -1.31. The van der Waals surface area contributed by atoms with Crippen molar-refractivity contribution in [2.75, 3.05) is 0 Å². The lowest BCUT2D eigenvalue weighted by molar-refractivity contribution is 0.557. The Balaban J connectivity index is 2.55. The molecule has 2 heteroatoms. The molecular weight excluding hydrogens is 131 g/mol. The van der Waals surface area contributed by atoms with Crippen molar-refractivity contribution in [2.45, 2.75) is 0 Å². The third kappa shape index (κ3) is 1.90. The van der Waals surface area contributed by atoms with E-state index >= 15 is 0 Å². The van der Waals surface area contributed by atoms with Crippen LogP contribution in [0, 0.1) is 0 Å². The summed E-state index contributed by atoms with van der Waals surface area (Å²) in [5.74, 6) is 0.720. The molecule has 0 N–H and O–H groups in total. The van der Waals surface area contributed by atoms with Gasteiger partial charge in [-0.05, 0) is 24.3 Å². The van der Waals surface area contributed by atoms with E-state index in [2.05, 4.69) is 0 Å². The van der Waals surface area contributed by atoms with Crippen LogP contribution in [0.2, 0.25) is 0 Å². The van der Waals surface area contributed by atoms with E-state index in [0.29, 0.717) is 6.33 Å². The molecule has 0 aromatic carbocycles. The zero-order valence-corrected chi connectivity index (χ0v) is 5.33. The van der Waals surface area contributed by atoms with Crippen LogP contribution >= 0.6 is 0 Å². The maximum absolute atomic E-state index is 11.4. The molecule has 0 bridgehead atoms. The van der Waals surface area contributed by atoms with Gasteiger partial charge >= 0.3 is 0 Å². The first-order chi connectivity index (χ1) is 4.93. The molecule has 0 aliphatic carbocycles. The normalized spacial score (nSPS) is 11.7. The minimum Gasteiger partial charge on any atom is -0.465 e. The Bertz CT molecular complexity index is 221. The summed E-state index contributed by atoms with van der Waals surface area (Å²) in [6.45, 7) is 0. The van der Waals surface area contributed by atoms with Crippen LogP contribution in [-0.4, -0.2) is 0 Å². The largest absolute Gasteiger partial charge is 0.465 e. The number of allylic oxidation sites excluding steroid dienone is 2. The minimum absolute atomic E-state index is 0.472. The first-order valence-corrected chi connectivity index (χ1v) is 2.90. The summed E-state index contributed by atoms with van der Waals surface area (Å²) in [6.07, 6.45) is 6.58. The molecule has 1 aromatic heterocycles. The molecule has 0 aliphatic rings. The Morgan fingerprint density at radius 2 is 2.30 bits per heavy atom. The number of hydrogen-bond acceptors (Lipinski definition) is 1. The van der Waals surface area contributed by atoms with E-state index < -0.39 is 0 Å². The number of halogens is 1. The molecule has 0 aliphatic heterocycles. The van der Waals surface area contributed by atoms with Crippen molar-refractivity contribution in [3.63, 3.8) is 0 Å². The zero-order valence-electron chi connectivity index (χ0n) is 5.33. The second kappa shape index (κ2) is 3.67. The van der Waals surface area contributed by atoms with E-state index in [1.54, 1.807) is 30.5 Å². The van der Waals surface area contributed by atoms with E-state index in [1.165, 1.54) is 6.08 Å². The van der Waals surface area contributed by atoms with Crippen molar-refractivity contribution >= 4 is 6.08 Å². The van der Waals surface area contributed by atoms with Crippen LogP contribution in [-0.2, 0) is 0 Å². The predicted octanol–water partition coefficient (Wildman–Crippen LogP) is 2.78. The first-order valence-electron chi connectivity index (χ1n) is 2.90. The fourth-order valence-corrected chi connectivity index (χ4v) is 0.578. The lowest BCUT2D eigenvalue weighted by atomic mass is 10.4. The second-order valence-corrected chi connectivity index (χ2v) is 1.69. The highest BCUT2D eigenvalue weighted by Crippen LogP contribution is 2.01. The first kappa shape index (κ1) is 6.81. The maximum Gasteiger partial charge on any atom is 0.126 e. The maximum atomic E-state index is 11.4. The monoisotopic (exact) mass is 138 g/mol. The zero-order chi connectivity index (χ0) is 7.23. The molecule has 1 heterocycles. The van der Waals surface area contributed by atoms with Gasteiger partial charge in [-0.1, -0.05) is 6.08 Å². The van der Waals surface area contributed by atoms with Gasteiger partial charge in [-0.25, -0.2) is 4.39 Å². The summed E-state index contributed by atoms with van der Waals surface area (Å²) in [7, 11) is 0. The van der Waals surface area contributed by atoms with Gasteiger partial charge in [0.1, 0.15) is 5.76 Å². The highest BCUT2D eigenvalue weighted by atomic mass is 19.1. The van der Waals surface area contributed by atoms with E-state index in [-0.39, 0.29) is 0 Å². The summed E-state index contributed by atoms with van der Waals surface area (Å²) in [5.41, 5.74) is 0. The highest BCUT2D eigenvalue weighted by molar-refractivity contribution is 5.44. The van der Waals surface area contributed by atoms with Gasteiger partial charge in [0.15, 0.2) is 0 Å². The molecule has 0 saturated carbocycles. The summed E-state index contributed by atoms with van der Waals surface area (Å²) < 4.78 is 16.3. The molecule has 0 atom stereocenters. The second-order valence-electron chi connectivity index (χ2n) is 1.69. The van der Waals surface area contributed by atoms with Gasteiger partial charge in [0.2, 0.25) is 0 Å². The number of furan rings is 1. The van der Waals surface area contributed by atoms with Crippen molar-refractivity contribution in [3.8, 4) is 0 Å². The molecule has 0 saturated heterocycles. The van der Waals surface area contributed by atoms with Crippen molar-refractivity contribution in [3.05, 3.63) is 42.6 Å². The fourth-order valence-electron chi connectivity index (χ4n) is 0.578. The van der Waals surface area contributed by atoms with Gasteiger partial charge < -0.3 is 4.42 Å². The standard InChI is InChI=1S/C8H7FO/c9-6-2-1-4-8-5-3-7-10-8/h1-7H/b4-1+,6-2+. The molecule has 0 radical (unpaired) electrons. The van der Waals surface area contributed by atoms with Gasteiger partial charge in [0, 0.05) is 0 Å². The van der Waals surface area contributed by atoms with Crippen LogP contribution in [0.25, 0.3) is 6.08 Å². The molecule has 0 spiro atoms. The van der Waals surface area contributed by atoms with Crippen molar-refractivity contribution < 1.29 is 8.81 Å². The third-order valence-electron chi connectivity index (χ3n) is 0.988. The van der Waals surface area contributed by atoms with Crippen LogP contribution in [0.15, 0.2) is 41.3 Å². The Morgan fingerprint density at radius 1 is 1.40 bits per heavy atom.